The predicted octanol–water partition coefficient (Wildman–Crippen LogP) is 5.66. The van der Waals surface area contributed by atoms with E-state index in [1.807, 2.05) is 30.3 Å². The highest BCUT2D eigenvalue weighted by Crippen LogP contribution is 2.79. The number of carbonyl (C=O) groups is 2. The minimum absolute atomic E-state index is 0.137. The number of carbonyl (C=O) groups excluding carboxylic acids is 2. The first kappa shape index (κ1) is 20.7. The van der Waals surface area contributed by atoms with E-state index >= 15 is 0 Å². The minimum atomic E-state index is -1.64. The van der Waals surface area contributed by atoms with Crippen molar-refractivity contribution in [2.75, 3.05) is 0 Å². The van der Waals surface area contributed by atoms with Crippen molar-refractivity contribution in [1.82, 2.24) is 4.90 Å². The van der Waals surface area contributed by atoms with Gasteiger partial charge in [0.2, 0.25) is 11.8 Å². The van der Waals surface area contributed by atoms with E-state index in [0.717, 1.165) is 5.56 Å². The van der Waals surface area contributed by atoms with Crippen LogP contribution in [0.5, 0.6) is 0 Å². The first-order chi connectivity index (χ1) is 13.6. The number of nitrogens with zero attached hydrogens (tertiary/aromatic N) is 1. The third kappa shape index (κ3) is 2.30. The lowest BCUT2D eigenvalue weighted by atomic mass is 9.65. The number of hydrogen-bond donors (Lipinski definition) is 0. The predicted molar refractivity (Wildman–Crippen MR) is 116 cm³/mol. The summed E-state index contributed by atoms with van der Waals surface area (Å²) in [5.74, 6) is -2.10. The zero-order chi connectivity index (χ0) is 20.9. The highest BCUT2D eigenvalue weighted by molar-refractivity contribution is 6.65. The van der Waals surface area contributed by atoms with Crippen molar-refractivity contribution < 1.29 is 9.59 Å². The van der Waals surface area contributed by atoms with E-state index in [4.69, 9.17) is 69.6 Å². The van der Waals surface area contributed by atoms with Crippen LogP contribution in [-0.4, -0.2) is 30.8 Å². The molecule has 1 aliphatic heterocycles. The molecule has 5 rings (SSSR count). The van der Waals surface area contributed by atoms with Gasteiger partial charge in [-0.3, -0.25) is 14.5 Å². The molecule has 0 N–H and O–H groups in total. The zero-order valence-electron chi connectivity index (χ0n) is 14.8. The summed E-state index contributed by atoms with van der Waals surface area (Å²) in [4.78, 5) is 24.8. The molecule has 29 heavy (non-hydrogen) atoms. The molecule has 4 aliphatic rings. The highest BCUT2D eigenvalue weighted by atomic mass is 35.5. The molecule has 1 aromatic carbocycles. The fourth-order valence-corrected chi connectivity index (χ4v) is 8.82. The van der Waals surface area contributed by atoms with Gasteiger partial charge in [0.15, 0.2) is 4.33 Å². The molecular weight excluding hydrogens is 499 g/mol. The van der Waals surface area contributed by atoms with E-state index in [9.17, 15) is 9.59 Å². The molecule has 1 heterocycles. The SMILES string of the molecule is O=C1[C@@H]2C[C@@H]3[C@@H](C[C@H]2C(=O)N1Cc1ccccc1)[C@@]1(Cl)C(Cl)=C(Cl)[C@@]3(Cl)C1(Cl)Cl. The fraction of sp³-hybridized carbons (Fsp3) is 0.500. The maximum absolute atomic E-state index is 13.1. The van der Waals surface area contributed by atoms with Gasteiger partial charge in [-0.25, -0.2) is 0 Å². The number of fused-ring (bicyclic) bond motifs is 6. The van der Waals surface area contributed by atoms with Crippen molar-refractivity contribution in [3.05, 3.63) is 46.0 Å². The summed E-state index contributed by atoms with van der Waals surface area (Å²) in [5.41, 5.74) is 0.893. The van der Waals surface area contributed by atoms with Crippen molar-refractivity contribution in [2.45, 2.75) is 33.5 Å². The second-order valence-corrected chi connectivity index (χ2v) is 11.5. The normalized spacial score (nSPS) is 42.5. The Balaban J connectivity index is 1.50. The molecule has 0 spiro atoms. The van der Waals surface area contributed by atoms with Crippen LogP contribution >= 0.6 is 69.6 Å². The van der Waals surface area contributed by atoms with Gasteiger partial charge in [0.05, 0.1) is 28.4 Å². The Morgan fingerprint density at radius 3 is 1.72 bits per heavy atom. The van der Waals surface area contributed by atoms with E-state index in [0.29, 0.717) is 12.8 Å². The number of imide groups is 1. The topological polar surface area (TPSA) is 37.4 Å². The number of halogens is 6. The first-order valence-electron chi connectivity index (χ1n) is 9.27. The van der Waals surface area contributed by atoms with Crippen LogP contribution < -0.4 is 0 Å². The van der Waals surface area contributed by atoms with Gasteiger partial charge < -0.3 is 0 Å². The lowest BCUT2D eigenvalue weighted by Crippen LogP contribution is -2.44. The van der Waals surface area contributed by atoms with Gasteiger partial charge in [-0.15, -0.1) is 23.2 Å². The average molecular weight is 514 g/mol. The van der Waals surface area contributed by atoms with Crippen LogP contribution in [0.2, 0.25) is 0 Å². The molecule has 9 heteroatoms. The van der Waals surface area contributed by atoms with Crippen LogP contribution in [0.3, 0.4) is 0 Å². The summed E-state index contributed by atoms with van der Waals surface area (Å²) in [6.07, 6.45) is 0.676. The molecule has 2 amide bonds. The Morgan fingerprint density at radius 2 is 1.28 bits per heavy atom. The Bertz CT molecular complexity index is 911. The largest absolute Gasteiger partial charge is 0.278 e. The number of hydrogen-bond acceptors (Lipinski definition) is 2. The maximum Gasteiger partial charge on any atom is 0.233 e. The lowest BCUT2D eigenvalue weighted by molar-refractivity contribution is -0.140. The summed E-state index contributed by atoms with van der Waals surface area (Å²) >= 11 is 40.0. The third-order valence-corrected chi connectivity index (χ3v) is 11.5. The molecule has 3 aliphatic carbocycles. The fourth-order valence-electron chi connectivity index (χ4n) is 5.71. The molecule has 6 atom stereocenters. The summed E-state index contributed by atoms with van der Waals surface area (Å²) < 4.78 is -1.64. The van der Waals surface area contributed by atoms with Crippen molar-refractivity contribution in [3.8, 4) is 0 Å². The van der Waals surface area contributed by atoms with E-state index in [1.165, 1.54) is 4.90 Å². The summed E-state index contributed by atoms with van der Waals surface area (Å²) in [7, 11) is 0. The number of rotatable bonds is 2. The molecule has 154 valence electrons. The van der Waals surface area contributed by atoms with Gasteiger partial charge in [0.25, 0.3) is 0 Å². The summed E-state index contributed by atoms with van der Waals surface area (Å²) in [6, 6.07) is 9.41. The lowest BCUT2D eigenvalue weighted by Gasteiger charge is -2.42. The van der Waals surface area contributed by atoms with E-state index in [-0.39, 0.29) is 40.3 Å². The Morgan fingerprint density at radius 1 is 0.828 bits per heavy atom. The number of alkyl halides is 4. The maximum atomic E-state index is 13.1. The van der Waals surface area contributed by atoms with Crippen LogP contribution in [-0.2, 0) is 16.1 Å². The second kappa shape index (κ2) is 6.43. The Hall–Kier alpha value is -0.160. The quantitative estimate of drug-likeness (QED) is 0.378. The number of allylic oxidation sites excluding steroid dienone is 2. The Kier molecular flexibility index (Phi) is 4.60. The molecule has 1 aromatic rings. The van der Waals surface area contributed by atoms with Crippen LogP contribution in [0.1, 0.15) is 18.4 Å². The first-order valence-corrected chi connectivity index (χ1v) is 11.5. The molecule has 0 aromatic heterocycles. The van der Waals surface area contributed by atoms with Crippen LogP contribution in [0, 0.1) is 23.7 Å². The molecule has 0 unspecified atom stereocenters. The molecule has 1 saturated heterocycles. The molecule has 2 saturated carbocycles. The number of likely N-dealkylation sites (tertiary alicyclic amines) is 1. The monoisotopic (exact) mass is 511 g/mol. The standard InChI is InChI=1S/C20H15Cl6NO2/c21-14-15(22)19(24)13-7-11-10(6-12(13)18(14,23)20(19,25)26)16(28)27(17(11)29)8-9-4-2-1-3-5-9/h1-5,10-13H,6-8H2/t10-,11-,12-,13-,18-,19-/m1/s1. The molecule has 0 radical (unpaired) electrons. The van der Waals surface area contributed by atoms with Gasteiger partial charge in [-0.2, -0.15) is 0 Å². The van der Waals surface area contributed by atoms with Gasteiger partial charge >= 0.3 is 0 Å². The average Bonchev–Trinajstić information content (AvgIpc) is 3.05. The van der Waals surface area contributed by atoms with Crippen molar-refractivity contribution >= 4 is 81.4 Å². The smallest absolute Gasteiger partial charge is 0.233 e. The van der Waals surface area contributed by atoms with Gasteiger partial charge in [-0.1, -0.05) is 76.7 Å². The second-order valence-electron chi connectivity index (χ2n) is 8.27. The van der Waals surface area contributed by atoms with E-state index in [1.54, 1.807) is 0 Å². The molecule has 3 nitrogen and oxygen atoms in total. The van der Waals surface area contributed by atoms with Crippen molar-refractivity contribution in [1.29, 1.82) is 0 Å². The zero-order valence-corrected chi connectivity index (χ0v) is 19.4. The minimum Gasteiger partial charge on any atom is -0.278 e. The van der Waals surface area contributed by atoms with Gasteiger partial charge in [-0.05, 0) is 30.2 Å². The Labute approximate surface area is 198 Å². The molecule has 2 bridgehead atoms. The van der Waals surface area contributed by atoms with Crippen molar-refractivity contribution in [2.24, 2.45) is 23.7 Å². The van der Waals surface area contributed by atoms with Gasteiger partial charge in [0, 0.05) is 0 Å². The van der Waals surface area contributed by atoms with Crippen LogP contribution in [0.4, 0.5) is 0 Å². The molecule has 3 fully saturated rings. The number of benzene rings is 1. The van der Waals surface area contributed by atoms with Crippen LogP contribution in [0.15, 0.2) is 40.4 Å². The third-order valence-electron chi connectivity index (χ3n) is 7.10. The van der Waals surface area contributed by atoms with Crippen molar-refractivity contribution in [3.63, 3.8) is 0 Å². The highest BCUT2D eigenvalue weighted by Gasteiger charge is 2.83. The van der Waals surface area contributed by atoms with E-state index in [2.05, 4.69) is 0 Å². The van der Waals surface area contributed by atoms with Crippen LogP contribution in [0.25, 0.3) is 0 Å². The summed E-state index contributed by atoms with van der Waals surface area (Å²) in [6.45, 7) is 0.244. The van der Waals surface area contributed by atoms with E-state index < -0.39 is 25.9 Å². The van der Waals surface area contributed by atoms with Gasteiger partial charge in [0.1, 0.15) is 9.75 Å². The summed E-state index contributed by atoms with van der Waals surface area (Å²) in [5, 5.41) is 0.275. The molecular formula is C20H15Cl6NO2. The number of amides is 2.